The van der Waals surface area contributed by atoms with E-state index < -0.39 is 18.0 Å². The van der Waals surface area contributed by atoms with E-state index in [1.807, 2.05) is 6.92 Å². The summed E-state index contributed by atoms with van der Waals surface area (Å²) in [6.07, 6.45) is 0.276. The monoisotopic (exact) mass is 516 g/mol. The topological polar surface area (TPSA) is 129 Å². The lowest BCUT2D eigenvalue weighted by molar-refractivity contribution is -0.145. The van der Waals surface area contributed by atoms with Gasteiger partial charge in [0, 0.05) is 31.9 Å². The van der Waals surface area contributed by atoms with Crippen molar-refractivity contribution in [2.75, 3.05) is 34.8 Å². The number of likely N-dealkylation sites (N-methyl/N-ethyl adjacent to an activating group) is 1. The number of amides is 1. The molecule has 5 heterocycles. The predicted molar refractivity (Wildman–Crippen MR) is 125 cm³/mol. The minimum atomic E-state index is -4.63. The van der Waals surface area contributed by atoms with Crippen LogP contribution in [-0.2, 0) is 23.9 Å². The maximum atomic E-state index is 12.9. The number of halogens is 3. The van der Waals surface area contributed by atoms with Crippen LogP contribution in [0.1, 0.15) is 30.4 Å². The quantitative estimate of drug-likeness (QED) is 0.483. The van der Waals surface area contributed by atoms with E-state index in [2.05, 4.69) is 30.2 Å². The van der Waals surface area contributed by atoms with Gasteiger partial charge < -0.3 is 25.0 Å². The number of aryl methyl sites for hydroxylation is 1. The lowest BCUT2D eigenvalue weighted by Gasteiger charge is -2.43. The van der Waals surface area contributed by atoms with Crippen LogP contribution in [0.4, 0.5) is 30.6 Å². The zero-order valence-corrected chi connectivity index (χ0v) is 19.7. The molecule has 0 saturated heterocycles. The minimum absolute atomic E-state index is 0.0250. The van der Waals surface area contributed by atoms with E-state index in [9.17, 15) is 23.1 Å². The summed E-state index contributed by atoms with van der Waals surface area (Å²) in [5, 5.41) is 13.0. The van der Waals surface area contributed by atoms with Crippen molar-refractivity contribution in [3.8, 4) is 11.6 Å². The van der Waals surface area contributed by atoms with Gasteiger partial charge in [-0.3, -0.25) is 4.79 Å². The summed E-state index contributed by atoms with van der Waals surface area (Å²) in [7, 11) is 0. The minimum Gasteiger partial charge on any atom is -0.436 e. The van der Waals surface area contributed by atoms with Crippen molar-refractivity contribution in [1.29, 1.82) is 0 Å². The van der Waals surface area contributed by atoms with Gasteiger partial charge in [-0.2, -0.15) is 18.2 Å². The zero-order chi connectivity index (χ0) is 26.2. The highest BCUT2D eigenvalue weighted by atomic mass is 19.4. The molecule has 2 aliphatic heterocycles. The number of rotatable bonds is 7. The summed E-state index contributed by atoms with van der Waals surface area (Å²) < 4.78 is 43.2. The molecule has 3 aromatic heterocycles. The number of hydrogen-bond acceptors (Lipinski definition) is 10. The van der Waals surface area contributed by atoms with Crippen molar-refractivity contribution in [2.45, 2.75) is 38.5 Å². The molecule has 14 heteroatoms. The number of nitrogens with one attached hydrogen (secondary N) is 1. The zero-order valence-electron chi connectivity index (χ0n) is 19.7. The van der Waals surface area contributed by atoms with Gasteiger partial charge in [0.1, 0.15) is 11.7 Å². The molecule has 0 saturated carbocycles. The van der Waals surface area contributed by atoms with Crippen LogP contribution < -0.4 is 19.9 Å². The van der Waals surface area contributed by atoms with Crippen LogP contribution in [-0.4, -0.2) is 61.7 Å². The Morgan fingerprint density at radius 3 is 2.59 bits per heavy atom. The fraction of sp³-hybridized carbons (Fsp3) is 0.391. The van der Waals surface area contributed by atoms with E-state index in [4.69, 9.17) is 4.74 Å². The highest BCUT2D eigenvalue weighted by Gasteiger charge is 2.41. The average Bonchev–Trinajstić information content (AvgIpc) is 2.89. The van der Waals surface area contributed by atoms with Crippen LogP contribution in [0.5, 0.6) is 11.6 Å². The second-order valence-corrected chi connectivity index (χ2v) is 8.44. The Morgan fingerprint density at radius 2 is 1.95 bits per heavy atom. The molecule has 0 aliphatic carbocycles. The summed E-state index contributed by atoms with van der Waals surface area (Å²) in [6.45, 7) is 3.02. The molecule has 0 radical (unpaired) electrons. The number of aromatic nitrogens is 5. The van der Waals surface area contributed by atoms with E-state index in [-0.39, 0.29) is 24.1 Å². The number of anilines is 3. The van der Waals surface area contributed by atoms with Crippen LogP contribution in [0.25, 0.3) is 0 Å². The molecule has 11 nitrogen and oxygen atoms in total. The molecule has 2 N–H and O–H groups in total. The summed E-state index contributed by atoms with van der Waals surface area (Å²) in [4.78, 5) is 36.3. The maximum Gasteiger partial charge on any atom is 0.451 e. The number of aliphatic hydroxyl groups excluding tert-OH is 1. The maximum absolute atomic E-state index is 12.9. The Kier molecular flexibility index (Phi) is 6.50. The second kappa shape index (κ2) is 9.76. The molecule has 3 aromatic rings. The first-order valence-electron chi connectivity index (χ1n) is 11.6. The van der Waals surface area contributed by atoms with Crippen LogP contribution in [0.15, 0.2) is 30.7 Å². The number of carbonyl (C=O) groups excluding carboxylic acids is 1. The van der Waals surface area contributed by atoms with E-state index in [0.29, 0.717) is 43.5 Å². The van der Waals surface area contributed by atoms with Crippen molar-refractivity contribution in [1.82, 2.24) is 24.9 Å². The van der Waals surface area contributed by atoms with Gasteiger partial charge in [-0.15, -0.1) is 0 Å². The van der Waals surface area contributed by atoms with Crippen molar-refractivity contribution < 1.29 is 27.8 Å². The standard InChI is InChI=1S/C23H23F3N8O3/c1-2-33-16(12-35)20(36)34-7-3-4-15-18(34)19(33)32-22(31-15)30-9-13-5-6-17(27-8-13)37-14-10-28-21(29-11-14)23(24,25)26/h5-6,8,10-11,16,35H,2-4,7,9,12H2,1H3,(H,30,31,32)/t16-/m0/s1. The molecule has 0 unspecified atom stereocenters. The number of carbonyl (C=O) groups is 1. The molecule has 1 atom stereocenters. The normalized spacial score (nSPS) is 17.0. The Morgan fingerprint density at radius 1 is 1.16 bits per heavy atom. The van der Waals surface area contributed by atoms with Gasteiger partial charge in [-0.05, 0) is 25.3 Å². The van der Waals surface area contributed by atoms with Crippen molar-refractivity contribution in [3.05, 3.63) is 47.8 Å². The molecular formula is C23H23F3N8O3. The first kappa shape index (κ1) is 24.6. The molecule has 1 amide bonds. The first-order chi connectivity index (χ1) is 17.8. The Balaban J connectivity index is 1.29. The van der Waals surface area contributed by atoms with E-state index >= 15 is 0 Å². The lowest BCUT2D eigenvalue weighted by atomic mass is 10.0. The third-order valence-corrected chi connectivity index (χ3v) is 6.07. The van der Waals surface area contributed by atoms with E-state index in [1.54, 1.807) is 28.1 Å². The van der Waals surface area contributed by atoms with Crippen LogP contribution in [0.3, 0.4) is 0 Å². The highest BCUT2D eigenvalue weighted by molar-refractivity contribution is 6.06. The third kappa shape index (κ3) is 4.83. The first-order valence-corrected chi connectivity index (χ1v) is 11.6. The fourth-order valence-electron chi connectivity index (χ4n) is 4.36. The van der Waals surface area contributed by atoms with Gasteiger partial charge in [-0.1, -0.05) is 6.07 Å². The van der Waals surface area contributed by atoms with Crippen molar-refractivity contribution in [2.24, 2.45) is 0 Å². The summed E-state index contributed by atoms with van der Waals surface area (Å²) in [5.74, 6) is -0.187. The number of aliphatic hydroxyl groups is 1. The molecule has 0 spiro atoms. The Hall–Kier alpha value is -4.07. The van der Waals surface area contributed by atoms with Gasteiger partial charge in [-0.25, -0.2) is 19.9 Å². The molecule has 0 fully saturated rings. The van der Waals surface area contributed by atoms with Gasteiger partial charge in [0.25, 0.3) is 5.91 Å². The summed E-state index contributed by atoms with van der Waals surface area (Å²) in [5.41, 5.74) is 2.27. The Labute approximate surface area is 209 Å². The molecule has 194 valence electrons. The lowest BCUT2D eigenvalue weighted by Crippen LogP contribution is -2.57. The number of nitrogens with zero attached hydrogens (tertiary/aromatic N) is 7. The van der Waals surface area contributed by atoms with Crippen molar-refractivity contribution in [3.63, 3.8) is 0 Å². The van der Waals surface area contributed by atoms with Gasteiger partial charge in [0.15, 0.2) is 11.6 Å². The molecule has 2 aliphatic rings. The fourth-order valence-corrected chi connectivity index (χ4v) is 4.36. The Bertz CT molecular complexity index is 1290. The summed E-state index contributed by atoms with van der Waals surface area (Å²) >= 11 is 0. The number of ether oxygens (including phenoxy) is 1. The molecular weight excluding hydrogens is 493 g/mol. The number of hydrogen-bond donors (Lipinski definition) is 2. The predicted octanol–water partition coefficient (Wildman–Crippen LogP) is 2.56. The molecule has 0 aromatic carbocycles. The van der Waals surface area contributed by atoms with Gasteiger partial charge >= 0.3 is 6.18 Å². The number of alkyl halides is 3. The molecule has 5 rings (SSSR count). The van der Waals surface area contributed by atoms with E-state index in [1.165, 1.54) is 0 Å². The highest BCUT2D eigenvalue weighted by Crippen LogP contribution is 2.40. The average molecular weight is 516 g/mol. The van der Waals surface area contributed by atoms with Gasteiger partial charge in [0.2, 0.25) is 17.7 Å². The SMILES string of the molecule is CCN1c2nc(NCc3ccc(Oc4cnc(C(F)(F)F)nc4)nc3)nc3c2N(CCC3)C(=O)[C@@H]1CO. The largest absolute Gasteiger partial charge is 0.451 e. The van der Waals surface area contributed by atoms with Crippen LogP contribution in [0.2, 0.25) is 0 Å². The molecule has 37 heavy (non-hydrogen) atoms. The van der Waals surface area contributed by atoms with Gasteiger partial charge in [0.05, 0.1) is 24.7 Å². The van der Waals surface area contributed by atoms with Crippen LogP contribution in [0, 0.1) is 0 Å². The second-order valence-electron chi connectivity index (χ2n) is 8.44. The smallest absolute Gasteiger partial charge is 0.436 e. The third-order valence-electron chi connectivity index (χ3n) is 6.07. The summed E-state index contributed by atoms with van der Waals surface area (Å²) in [6, 6.07) is 2.63. The van der Waals surface area contributed by atoms with E-state index in [0.717, 1.165) is 30.1 Å². The van der Waals surface area contributed by atoms with Crippen molar-refractivity contribution >= 4 is 23.4 Å². The number of pyridine rings is 1. The molecule has 0 bridgehead atoms. The van der Waals surface area contributed by atoms with Crippen LogP contribution >= 0.6 is 0 Å².